The molecule has 0 unspecified atom stereocenters. The fourth-order valence-corrected chi connectivity index (χ4v) is 2.66. The first-order chi connectivity index (χ1) is 10.4. The van der Waals surface area contributed by atoms with Crippen molar-refractivity contribution in [3.8, 4) is 0 Å². The number of ether oxygens (including phenoxy) is 1. The lowest BCUT2D eigenvalue weighted by molar-refractivity contribution is -0.0950. The summed E-state index contributed by atoms with van der Waals surface area (Å²) in [6, 6.07) is 0. The molecule has 5 N–H and O–H groups in total. The number of aromatic nitrogens is 4. The molecule has 120 valence electrons. The summed E-state index contributed by atoms with van der Waals surface area (Å²) in [5.74, 6) is 6.12. The van der Waals surface area contributed by atoms with Gasteiger partial charge in [0.15, 0.2) is 23.2 Å². The van der Waals surface area contributed by atoms with Crippen LogP contribution in [0.1, 0.15) is 13.2 Å². The second kappa shape index (κ2) is 5.11. The highest BCUT2D eigenvalue weighted by Crippen LogP contribution is 2.39. The molecule has 0 amide bonds. The molecule has 1 fully saturated rings. The quantitative estimate of drug-likeness (QED) is 0.379. The molecule has 0 radical (unpaired) electrons. The van der Waals surface area contributed by atoms with Gasteiger partial charge in [0.05, 0.1) is 12.9 Å². The highest BCUT2D eigenvalue weighted by atomic mass is 16.6. The Bertz CT molecular complexity index is 687. The van der Waals surface area contributed by atoms with Gasteiger partial charge in [-0.2, -0.15) is 0 Å². The van der Waals surface area contributed by atoms with E-state index in [4.69, 9.17) is 10.6 Å². The molecule has 3 heterocycles. The van der Waals surface area contributed by atoms with Crippen LogP contribution < -0.4 is 10.9 Å². The normalized spacial score (nSPS) is 31.8. The Labute approximate surface area is 125 Å². The van der Waals surface area contributed by atoms with Crippen molar-refractivity contribution in [1.82, 2.24) is 19.5 Å². The van der Waals surface area contributed by atoms with E-state index in [1.54, 1.807) is 7.05 Å². The molecular weight excluding hydrogens is 292 g/mol. The van der Waals surface area contributed by atoms with Gasteiger partial charge in [-0.3, -0.25) is 9.58 Å². The zero-order chi connectivity index (χ0) is 16.1. The van der Waals surface area contributed by atoms with Gasteiger partial charge in [0.25, 0.3) is 0 Å². The summed E-state index contributed by atoms with van der Waals surface area (Å²) in [5.41, 5.74) is -0.770. The van der Waals surface area contributed by atoms with E-state index in [0.717, 1.165) is 0 Å². The van der Waals surface area contributed by atoms with Crippen LogP contribution in [0.15, 0.2) is 12.7 Å². The number of fused-ring (bicyclic) bond motifs is 1. The third-order valence-corrected chi connectivity index (χ3v) is 3.86. The molecule has 0 saturated carbocycles. The first-order valence-corrected chi connectivity index (χ1v) is 6.70. The summed E-state index contributed by atoms with van der Waals surface area (Å²) < 4.78 is 7.05. The van der Waals surface area contributed by atoms with Crippen molar-refractivity contribution < 1.29 is 20.1 Å². The lowest BCUT2D eigenvalue weighted by Crippen LogP contribution is -2.44. The maximum Gasteiger partial charge on any atom is 0.174 e. The molecule has 2 aromatic rings. The molecule has 0 spiro atoms. The van der Waals surface area contributed by atoms with E-state index < -0.39 is 30.6 Å². The Morgan fingerprint density at radius 1 is 1.45 bits per heavy atom. The second-order valence-electron chi connectivity index (χ2n) is 5.51. The molecule has 0 bridgehead atoms. The van der Waals surface area contributed by atoms with Gasteiger partial charge in [0.1, 0.15) is 24.1 Å². The van der Waals surface area contributed by atoms with Crippen molar-refractivity contribution >= 4 is 17.0 Å². The minimum absolute atomic E-state index is 0.401. The molecule has 1 saturated heterocycles. The number of hydrogen-bond donors (Lipinski definition) is 4. The van der Waals surface area contributed by atoms with Gasteiger partial charge in [0.2, 0.25) is 0 Å². The van der Waals surface area contributed by atoms with Gasteiger partial charge < -0.3 is 20.1 Å². The number of anilines is 1. The van der Waals surface area contributed by atoms with Gasteiger partial charge in [-0.05, 0) is 6.92 Å². The van der Waals surface area contributed by atoms with Crippen LogP contribution >= 0.6 is 0 Å². The van der Waals surface area contributed by atoms with Crippen molar-refractivity contribution in [2.24, 2.45) is 5.84 Å². The Morgan fingerprint density at radius 2 is 2.18 bits per heavy atom. The number of hydrazine groups is 1. The number of hydrogen-bond acceptors (Lipinski definition) is 9. The first kappa shape index (κ1) is 15.1. The molecule has 3 rings (SSSR count). The predicted molar refractivity (Wildman–Crippen MR) is 75.5 cm³/mol. The Balaban J connectivity index is 2.10. The third kappa shape index (κ3) is 2.04. The maximum atomic E-state index is 10.5. The molecule has 10 heteroatoms. The van der Waals surface area contributed by atoms with Gasteiger partial charge in [-0.1, -0.05) is 0 Å². The van der Waals surface area contributed by atoms with Crippen LogP contribution in [0.4, 0.5) is 5.82 Å². The van der Waals surface area contributed by atoms with E-state index in [9.17, 15) is 15.3 Å². The maximum absolute atomic E-state index is 10.5. The molecule has 22 heavy (non-hydrogen) atoms. The van der Waals surface area contributed by atoms with Gasteiger partial charge in [0, 0.05) is 7.05 Å². The second-order valence-corrected chi connectivity index (χ2v) is 5.51. The minimum Gasteiger partial charge on any atom is -0.394 e. The highest BCUT2D eigenvalue weighted by Gasteiger charge is 2.53. The van der Waals surface area contributed by atoms with Gasteiger partial charge >= 0.3 is 0 Å². The molecule has 2 aromatic heterocycles. The predicted octanol–water partition coefficient (Wildman–Crippen LogP) is -1.86. The van der Waals surface area contributed by atoms with Crippen molar-refractivity contribution in [3.63, 3.8) is 0 Å². The molecule has 4 atom stereocenters. The minimum atomic E-state index is -1.61. The van der Waals surface area contributed by atoms with E-state index in [2.05, 4.69) is 15.0 Å². The van der Waals surface area contributed by atoms with Crippen molar-refractivity contribution in [1.29, 1.82) is 0 Å². The third-order valence-electron chi connectivity index (χ3n) is 3.86. The molecule has 10 nitrogen and oxygen atoms in total. The summed E-state index contributed by atoms with van der Waals surface area (Å²) in [7, 11) is 1.62. The largest absolute Gasteiger partial charge is 0.394 e. The van der Waals surface area contributed by atoms with Crippen LogP contribution in [-0.2, 0) is 4.74 Å². The zero-order valence-corrected chi connectivity index (χ0v) is 12.2. The molecule has 0 aromatic carbocycles. The van der Waals surface area contributed by atoms with Crippen LogP contribution in [0.5, 0.6) is 0 Å². The number of rotatable bonds is 3. The number of aliphatic hydroxyl groups excluding tert-OH is 2. The average Bonchev–Trinajstić information content (AvgIpc) is 2.99. The van der Waals surface area contributed by atoms with Crippen LogP contribution in [0.2, 0.25) is 0 Å². The Morgan fingerprint density at radius 3 is 2.77 bits per heavy atom. The summed E-state index contributed by atoms with van der Waals surface area (Å²) >= 11 is 0. The molecular formula is C12H18N6O4. The zero-order valence-electron chi connectivity index (χ0n) is 12.2. The fourth-order valence-electron chi connectivity index (χ4n) is 2.66. The summed E-state index contributed by atoms with van der Waals surface area (Å²) in [5, 5.41) is 31.1. The van der Waals surface area contributed by atoms with Crippen LogP contribution in [0.25, 0.3) is 11.2 Å². The number of imidazole rings is 1. The topological polar surface area (TPSA) is 143 Å². The van der Waals surface area contributed by atoms with Crippen molar-refractivity contribution in [2.45, 2.75) is 31.0 Å². The molecule has 1 aliphatic heterocycles. The Kier molecular flexibility index (Phi) is 3.50. The number of aliphatic hydroxyl groups is 3. The van der Waals surface area contributed by atoms with E-state index in [-0.39, 0.29) is 0 Å². The van der Waals surface area contributed by atoms with Crippen LogP contribution in [0, 0.1) is 0 Å². The van der Waals surface area contributed by atoms with Crippen molar-refractivity contribution in [3.05, 3.63) is 12.7 Å². The lowest BCUT2D eigenvalue weighted by atomic mass is 9.96. The smallest absolute Gasteiger partial charge is 0.174 e. The van der Waals surface area contributed by atoms with E-state index in [1.165, 1.54) is 29.2 Å². The Hall–Kier alpha value is -1.85. The monoisotopic (exact) mass is 310 g/mol. The van der Waals surface area contributed by atoms with Crippen LogP contribution in [-0.4, -0.2) is 66.3 Å². The summed E-state index contributed by atoms with van der Waals surface area (Å²) in [4.78, 5) is 12.4. The summed E-state index contributed by atoms with van der Waals surface area (Å²) in [6.07, 6.45) is -0.328. The highest BCUT2D eigenvalue weighted by molar-refractivity contribution is 5.82. The van der Waals surface area contributed by atoms with Crippen molar-refractivity contribution in [2.75, 3.05) is 18.7 Å². The van der Waals surface area contributed by atoms with Crippen LogP contribution in [0.3, 0.4) is 0 Å². The first-order valence-electron chi connectivity index (χ1n) is 6.70. The summed E-state index contributed by atoms with van der Waals surface area (Å²) in [6.45, 7) is 1.02. The standard InChI is InChI=1S/C12H18N6O4/c1-12(21)8(20)6(3-19)22-11(12)18-5-16-7-9(17(2)13)14-4-15-10(7)18/h4-6,8,11,19-21H,3,13H2,1-2H3/t6-,8-,11-,12-/m1/s1. The van der Waals surface area contributed by atoms with E-state index in [0.29, 0.717) is 17.0 Å². The van der Waals surface area contributed by atoms with E-state index in [1.807, 2.05) is 0 Å². The van der Waals surface area contributed by atoms with E-state index >= 15 is 0 Å². The number of nitrogens with two attached hydrogens (primary N) is 1. The van der Waals surface area contributed by atoms with Gasteiger partial charge in [-0.15, -0.1) is 0 Å². The SMILES string of the molecule is CN(N)c1ncnc2c1ncn2[C@@H]1O[C@H](CO)[C@@H](O)[C@@]1(C)O. The lowest BCUT2D eigenvalue weighted by Gasteiger charge is -2.27. The molecule has 1 aliphatic rings. The average molecular weight is 310 g/mol. The fraction of sp³-hybridized carbons (Fsp3) is 0.583. The molecule has 0 aliphatic carbocycles. The van der Waals surface area contributed by atoms with Gasteiger partial charge in [-0.25, -0.2) is 20.8 Å². The number of nitrogens with zero attached hydrogens (tertiary/aromatic N) is 5.